The molecular formula is C23H25ClN6O. The maximum Gasteiger partial charge on any atom is 0.243 e. The molecule has 0 N–H and O–H groups in total. The number of likely N-dealkylation sites (tertiary alicyclic amines) is 1. The lowest BCUT2D eigenvalue weighted by Crippen LogP contribution is -2.42. The average Bonchev–Trinajstić information content (AvgIpc) is 3.70. The topological polar surface area (TPSA) is 78.0 Å². The van der Waals surface area contributed by atoms with Gasteiger partial charge in [0.2, 0.25) is 5.91 Å². The van der Waals surface area contributed by atoms with Crippen molar-refractivity contribution in [2.24, 2.45) is 5.41 Å². The Balaban J connectivity index is 1.29. The third-order valence-electron chi connectivity index (χ3n) is 7.34. The third kappa shape index (κ3) is 3.24. The van der Waals surface area contributed by atoms with E-state index in [0.29, 0.717) is 32.0 Å². The maximum absolute atomic E-state index is 12.7. The number of carbonyl (C=O) groups is 1. The van der Waals surface area contributed by atoms with E-state index in [1.165, 1.54) is 18.4 Å². The number of halogens is 1. The quantitative estimate of drug-likeness (QED) is 0.736. The minimum atomic E-state index is -0.733. The van der Waals surface area contributed by atoms with Gasteiger partial charge in [-0.15, -0.1) is 10.2 Å². The van der Waals surface area contributed by atoms with Gasteiger partial charge in [0.25, 0.3) is 0 Å². The Morgan fingerprint density at radius 3 is 2.58 bits per heavy atom. The molecular weight excluding hydrogens is 412 g/mol. The second-order valence-corrected chi connectivity index (χ2v) is 9.92. The molecule has 1 aromatic heterocycles. The highest BCUT2D eigenvalue weighted by Crippen LogP contribution is 2.47. The summed E-state index contributed by atoms with van der Waals surface area (Å²) in [4.78, 5) is 17.1. The minimum absolute atomic E-state index is 0.0218. The molecule has 0 bridgehead atoms. The van der Waals surface area contributed by atoms with Crippen LogP contribution in [0.15, 0.2) is 18.2 Å². The molecule has 8 heteroatoms. The zero-order valence-corrected chi connectivity index (χ0v) is 18.2. The largest absolute Gasteiger partial charge is 0.341 e. The second-order valence-electron chi connectivity index (χ2n) is 9.48. The Morgan fingerprint density at radius 1 is 1.13 bits per heavy atom. The number of rotatable bonds is 3. The number of hydrogen-bond donors (Lipinski definition) is 0. The van der Waals surface area contributed by atoms with Crippen molar-refractivity contribution < 1.29 is 4.79 Å². The van der Waals surface area contributed by atoms with E-state index in [0.717, 1.165) is 48.3 Å². The van der Waals surface area contributed by atoms with Crippen LogP contribution in [0.3, 0.4) is 0 Å². The van der Waals surface area contributed by atoms with Crippen LogP contribution in [-0.2, 0) is 17.9 Å². The van der Waals surface area contributed by atoms with Crippen LogP contribution in [0.4, 0.5) is 0 Å². The summed E-state index contributed by atoms with van der Waals surface area (Å²) in [6.07, 6.45) is 5.59. The number of carbonyl (C=O) groups excluding carboxylic acids is 1. The van der Waals surface area contributed by atoms with Gasteiger partial charge in [0, 0.05) is 36.6 Å². The summed E-state index contributed by atoms with van der Waals surface area (Å²) in [6, 6.07) is 8.97. The standard InChI is InChI=1S/C23H25ClN6O/c24-17-1-4-19-16(11-17)12-29(18-2-3-18)13-20-26-27-21(30(19)20)15-5-9-28(10-6-15)22(31)23(14-25)7-8-23/h1,4,11,15,18H,2-3,5-10,12-13H2. The predicted octanol–water partition coefficient (Wildman–Crippen LogP) is 3.41. The van der Waals surface area contributed by atoms with Gasteiger partial charge in [-0.3, -0.25) is 14.3 Å². The van der Waals surface area contributed by atoms with Gasteiger partial charge < -0.3 is 4.90 Å². The highest BCUT2D eigenvalue weighted by atomic mass is 35.5. The van der Waals surface area contributed by atoms with Crippen molar-refractivity contribution in [3.05, 3.63) is 40.4 Å². The smallest absolute Gasteiger partial charge is 0.243 e. The summed E-state index contributed by atoms with van der Waals surface area (Å²) in [5.41, 5.74) is 1.61. The monoisotopic (exact) mass is 436 g/mol. The predicted molar refractivity (Wildman–Crippen MR) is 114 cm³/mol. The first kappa shape index (κ1) is 19.3. The number of hydrogen-bond acceptors (Lipinski definition) is 5. The van der Waals surface area contributed by atoms with Gasteiger partial charge in [0.05, 0.1) is 18.3 Å². The Labute approximate surface area is 186 Å². The molecule has 2 saturated carbocycles. The number of nitrogens with zero attached hydrogens (tertiary/aromatic N) is 6. The summed E-state index contributed by atoms with van der Waals surface area (Å²) < 4.78 is 2.24. The minimum Gasteiger partial charge on any atom is -0.341 e. The SMILES string of the molecule is N#CC1(C(=O)N2CCC(c3nnc4n3-c3ccc(Cl)cc3CN(C3CC3)C4)CC2)CC1. The Morgan fingerprint density at radius 2 is 1.90 bits per heavy atom. The van der Waals surface area contributed by atoms with E-state index in [-0.39, 0.29) is 11.8 Å². The van der Waals surface area contributed by atoms with Crippen LogP contribution in [0.1, 0.15) is 61.7 Å². The summed E-state index contributed by atoms with van der Waals surface area (Å²) in [5, 5.41) is 19.4. The van der Waals surface area contributed by atoms with Gasteiger partial charge in [-0.25, -0.2) is 0 Å². The highest BCUT2D eigenvalue weighted by Gasteiger charge is 2.53. The fourth-order valence-electron chi connectivity index (χ4n) is 5.15. The van der Waals surface area contributed by atoms with Crippen LogP contribution in [0, 0.1) is 16.7 Å². The molecule has 1 amide bonds. The van der Waals surface area contributed by atoms with Crippen LogP contribution in [0.2, 0.25) is 5.02 Å². The number of benzene rings is 1. The molecule has 0 spiro atoms. The van der Waals surface area contributed by atoms with Crippen molar-refractivity contribution in [1.82, 2.24) is 24.6 Å². The van der Waals surface area contributed by atoms with E-state index >= 15 is 0 Å². The molecule has 160 valence electrons. The van der Waals surface area contributed by atoms with E-state index < -0.39 is 5.41 Å². The molecule has 4 aliphatic rings. The molecule has 3 heterocycles. The normalized spacial score (nSPS) is 22.9. The molecule has 7 nitrogen and oxygen atoms in total. The second kappa shape index (κ2) is 7.04. The molecule has 0 unspecified atom stereocenters. The van der Waals surface area contributed by atoms with E-state index in [1.807, 2.05) is 11.0 Å². The van der Waals surface area contributed by atoms with Crippen LogP contribution in [-0.4, -0.2) is 49.6 Å². The van der Waals surface area contributed by atoms with Gasteiger partial charge in [0.15, 0.2) is 5.82 Å². The average molecular weight is 437 g/mol. The number of piperidine rings is 1. The third-order valence-corrected chi connectivity index (χ3v) is 7.57. The van der Waals surface area contributed by atoms with Gasteiger partial charge in [-0.1, -0.05) is 11.6 Å². The first-order chi connectivity index (χ1) is 15.1. The summed E-state index contributed by atoms with van der Waals surface area (Å²) >= 11 is 6.34. The summed E-state index contributed by atoms with van der Waals surface area (Å²) in [6.45, 7) is 3.03. The summed E-state index contributed by atoms with van der Waals surface area (Å²) in [5.74, 6) is 2.25. The number of nitriles is 1. The molecule has 2 aromatic rings. The lowest BCUT2D eigenvalue weighted by Gasteiger charge is -2.33. The van der Waals surface area contributed by atoms with Crippen molar-refractivity contribution in [2.75, 3.05) is 13.1 Å². The lowest BCUT2D eigenvalue weighted by molar-refractivity contribution is -0.136. The molecule has 6 rings (SSSR count). The molecule has 2 aliphatic carbocycles. The lowest BCUT2D eigenvalue weighted by atomic mass is 9.94. The highest BCUT2D eigenvalue weighted by molar-refractivity contribution is 6.30. The van der Waals surface area contributed by atoms with Gasteiger partial charge >= 0.3 is 0 Å². The first-order valence-corrected chi connectivity index (χ1v) is 11.6. The van der Waals surface area contributed by atoms with Crippen LogP contribution in [0.5, 0.6) is 0 Å². The summed E-state index contributed by atoms with van der Waals surface area (Å²) in [7, 11) is 0. The molecule has 0 atom stereocenters. The maximum atomic E-state index is 12.7. The van der Waals surface area contributed by atoms with Crippen molar-refractivity contribution in [3.63, 3.8) is 0 Å². The van der Waals surface area contributed by atoms with Crippen molar-refractivity contribution >= 4 is 17.5 Å². The Hall–Kier alpha value is -2.43. The van der Waals surface area contributed by atoms with E-state index in [2.05, 4.69) is 37.9 Å². The van der Waals surface area contributed by atoms with Gasteiger partial charge in [0.1, 0.15) is 11.2 Å². The van der Waals surface area contributed by atoms with Crippen LogP contribution < -0.4 is 0 Å². The fraction of sp³-hybridized carbons (Fsp3) is 0.565. The van der Waals surface area contributed by atoms with Crippen molar-refractivity contribution in [1.29, 1.82) is 5.26 Å². The van der Waals surface area contributed by atoms with Gasteiger partial charge in [-0.05, 0) is 62.3 Å². The van der Waals surface area contributed by atoms with Gasteiger partial charge in [-0.2, -0.15) is 5.26 Å². The van der Waals surface area contributed by atoms with Crippen LogP contribution >= 0.6 is 11.6 Å². The Bertz CT molecular complexity index is 1090. The first-order valence-electron chi connectivity index (χ1n) is 11.3. The van der Waals surface area contributed by atoms with E-state index in [9.17, 15) is 10.1 Å². The Kier molecular flexibility index (Phi) is 4.38. The number of fused-ring (bicyclic) bond motifs is 3. The molecule has 1 saturated heterocycles. The molecule has 2 aliphatic heterocycles. The van der Waals surface area contributed by atoms with E-state index in [1.54, 1.807) is 0 Å². The number of amides is 1. The van der Waals surface area contributed by atoms with Crippen LogP contribution in [0.25, 0.3) is 5.69 Å². The fourth-order valence-corrected chi connectivity index (χ4v) is 5.35. The van der Waals surface area contributed by atoms with Crippen molar-refractivity contribution in [3.8, 4) is 11.8 Å². The zero-order valence-electron chi connectivity index (χ0n) is 17.4. The number of aromatic nitrogens is 3. The van der Waals surface area contributed by atoms with Crippen molar-refractivity contribution in [2.45, 2.75) is 63.6 Å². The molecule has 31 heavy (non-hydrogen) atoms. The molecule has 1 aromatic carbocycles. The zero-order chi connectivity index (χ0) is 21.2. The molecule has 0 radical (unpaired) electrons. The molecule has 3 fully saturated rings. The van der Waals surface area contributed by atoms with E-state index in [4.69, 9.17) is 11.6 Å².